The number of hydrogen-bond acceptors (Lipinski definition) is 7. The van der Waals surface area contributed by atoms with Crippen molar-refractivity contribution in [2.45, 2.75) is 56.9 Å². The van der Waals surface area contributed by atoms with Crippen LogP contribution in [0.1, 0.15) is 56.0 Å². The summed E-state index contributed by atoms with van der Waals surface area (Å²) in [6.45, 7) is 7.02. The Morgan fingerprint density at radius 1 is 1.06 bits per heavy atom. The van der Waals surface area contributed by atoms with Crippen LogP contribution in [0.3, 0.4) is 0 Å². The van der Waals surface area contributed by atoms with Gasteiger partial charge >= 0.3 is 6.09 Å². The third-order valence-corrected chi connectivity index (χ3v) is 6.67. The molecule has 36 heavy (non-hydrogen) atoms. The maximum Gasteiger partial charge on any atom is 0.410 e. The molecule has 10 heteroatoms. The molecule has 0 aliphatic carbocycles. The van der Waals surface area contributed by atoms with Gasteiger partial charge in [0.1, 0.15) is 18.1 Å². The summed E-state index contributed by atoms with van der Waals surface area (Å²) in [6, 6.07) is 12.6. The fraction of sp³-hybridized carbons (Fsp3) is 0.462. The molecule has 0 saturated carbocycles. The van der Waals surface area contributed by atoms with E-state index < -0.39 is 21.7 Å². The number of unbranched alkanes of at least 4 members (excludes halogenated alkanes) is 1. The fourth-order valence-electron chi connectivity index (χ4n) is 3.85. The molecule has 0 unspecified atom stereocenters. The lowest BCUT2D eigenvalue weighted by Gasteiger charge is -2.34. The number of sulfonamides is 1. The van der Waals surface area contributed by atoms with Crippen molar-refractivity contribution in [3.63, 3.8) is 0 Å². The number of amides is 1. The molecule has 2 aromatic carbocycles. The maximum atomic E-state index is 12.7. The first-order chi connectivity index (χ1) is 17.0. The van der Waals surface area contributed by atoms with E-state index in [0.29, 0.717) is 19.4 Å². The topological polar surface area (TPSA) is 125 Å². The van der Waals surface area contributed by atoms with Gasteiger partial charge in [0.2, 0.25) is 10.0 Å². The van der Waals surface area contributed by atoms with Crippen molar-refractivity contribution in [1.82, 2.24) is 4.90 Å². The number of Topliss-reactive ketones (excluding diaryl/α,β-unsaturated/α-hetero) is 1. The van der Waals surface area contributed by atoms with Crippen LogP contribution < -0.4 is 14.6 Å². The van der Waals surface area contributed by atoms with E-state index in [1.54, 1.807) is 4.90 Å². The summed E-state index contributed by atoms with van der Waals surface area (Å²) in [5, 5.41) is 5.30. The average Bonchev–Trinajstić information content (AvgIpc) is 2.82. The molecule has 2 aromatic rings. The number of hydrogen-bond donors (Lipinski definition) is 1. The van der Waals surface area contributed by atoms with E-state index in [4.69, 9.17) is 19.3 Å². The molecular formula is C26H34N2O7S. The second-order valence-corrected chi connectivity index (χ2v) is 11.1. The second-order valence-electron chi connectivity index (χ2n) is 9.60. The zero-order chi connectivity index (χ0) is 26.3. The Morgan fingerprint density at radius 2 is 1.75 bits per heavy atom. The first kappa shape index (κ1) is 27.5. The number of fused-ring (bicyclic) bond motifs is 1. The molecule has 0 aromatic heterocycles. The number of benzene rings is 2. The molecule has 0 saturated heterocycles. The lowest BCUT2D eigenvalue weighted by atomic mass is 10.0. The molecule has 0 bridgehead atoms. The van der Waals surface area contributed by atoms with Gasteiger partial charge in [0.05, 0.1) is 6.61 Å². The lowest BCUT2D eigenvalue weighted by Crippen LogP contribution is -2.47. The summed E-state index contributed by atoms with van der Waals surface area (Å²) in [5.74, 6) is -0.0481. The summed E-state index contributed by atoms with van der Waals surface area (Å²) < 4.78 is 40.3. The van der Waals surface area contributed by atoms with Crippen molar-refractivity contribution < 1.29 is 32.2 Å². The normalized spacial score (nSPS) is 13.2. The smallest absolute Gasteiger partial charge is 0.410 e. The zero-order valence-electron chi connectivity index (χ0n) is 21.0. The Labute approximate surface area is 212 Å². The van der Waals surface area contributed by atoms with Crippen LogP contribution in [-0.2, 0) is 21.2 Å². The van der Waals surface area contributed by atoms with Crippen LogP contribution >= 0.6 is 0 Å². The predicted molar refractivity (Wildman–Crippen MR) is 135 cm³/mol. The van der Waals surface area contributed by atoms with Crippen LogP contribution in [0.15, 0.2) is 47.4 Å². The quantitative estimate of drug-likeness (QED) is 0.373. The van der Waals surface area contributed by atoms with Gasteiger partial charge in [-0.3, -0.25) is 4.79 Å². The monoisotopic (exact) mass is 518 g/mol. The Balaban J connectivity index is 1.51. The summed E-state index contributed by atoms with van der Waals surface area (Å²) in [6.07, 6.45) is 1.43. The van der Waals surface area contributed by atoms with E-state index in [0.717, 1.165) is 12.0 Å². The third-order valence-electron chi connectivity index (χ3n) is 5.76. The summed E-state index contributed by atoms with van der Waals surface area (Å²) >= 11 is 0. The minimum absolute atomic E-state index is 0.0304. The van der Waals surface area contributed by atoms with Crippen molar-refractivity contribution in [3.05, 3.63) is 53.6 Å². The zero-order valence-corrected chi connectivity index (χ0v) is 21.8. The number of nitrogens with two attached hydrogens (primary N) is 1. The van der Waals surface area contributed by atoms with E-state index >= 15 is 0 Å². The van der Waals surface area contributed by atoms with Gasteiger partial charge in [0.15, 0.2) is 17.3 Å². The lowest BCUT2D eigenvalue weighted by molar-refractivity contribution is 0.0671. The van der Waals surface area contributed by atoms with Crippen LogP contribution in [0.2, 0.25) is 0 Å². The molecule has 0 spiro atoms. The van der Waals surface area contributed by atoms with Gasteiger partial charge < -0.3 is 19.1 Å². The molecule has 2 N–H and O–H groups in total. The third kappa shape index (κ3) is 7.44. The number of primary sulfonamides is 1. The van der Waals surface area contributed by atoms with Crippen molar-refractivity contribution in [2.24, 2.45) is 5.14 Å². The van der Waals surface area contributed by atoms with Crippen molar-refractivity contribution in [1.29, 1.82) is 0 Å². The fourth-order valence-corrected chi connectivity index (χ4v) is 4.56. The van der Waals surface area contributed by atoms with Gasteiger partial charge in [0.25, 0.3) is 0 Å². The molecule has 1 aliphatic rings. The summed E-state index contributed by atoms with van der Waals surface area (Å²) in [4.78, 5) is 26.9. The highest BCUT2D eigenvalue weighted by Gasteiger charge is 2.28. The van der Waals surface area contributed by atoms with E-state index in [-0.39, 0.29) is 54.0 Å². The number of carbonyl (C=O) groups is 2. The van der Waals surface area contributed by atoms with Crippen molar-refractivity contribution in [3.8, 4) is 11.5 Å². The molecule has 1 aliphatic heterocycles. The highest BCUT2D eigenvalue weighted by molar-refractivity contribution is 7.89. The number of ketones is 1. The van der Waals surface area contributed by atoms with Crippen LogP contribution in [0.4, 0.5) is 4.79 Å². The van der Waals surface area contributed by atoms with Gasteiger partial charge in [-0.25, -0.2) is 18.4 Å². The molecule has 0 atom stereocenters. The van der Waals surface area contributed by atoms with Crippen LogP contribution in [-0.4, -0.2) is 57.1 Å². The van der Waals surface area contributed by atoms with Gasteiger partial charge in [-0.1, -0.05) is 30.3 Å². The first-order valence-electron chi connectivity index (χ1n) is 11.9. The predicted octanol–water partition coefficient (Wildman–Crippen LogP) is 3.94. The van der Waals surface area contributed by atoms with Crippen LogP contribution in [0.25, 0.3) is 0 Å². The van der Waals surface area contributed by atoms with Crippen LogP contribution in [0.5, 0.6) is 11.5 Å². The van der Waals surface area contributed by atoms with E-state index in [2.05, 4.69) is 0 Å². The largest absolute Gasteiger partial charge is 0.486 e. The Morgan fingerprint density at radius 3 is 2.42 bits per heavy atom. The molecule has 196 valence electrons. The minimum Gasteiger partial charge on any atom is -0.486 e. The summed E-state index contributed by atoms with van der Waals surface area (Å²) in [5.41, 5.74) is 0.920. The van der Waals surface area contributed by atoms with Crippen molar-refractivity contribution in [2.75, 3.05) is 26.4 Å². The maximum absolute atomic E-state index is 12.7. The standard InChI is InChI=1S/C26H34N2O7S/c1-26(2,3)28(13-12-19-9-5-4-6-10-19)25(30)35-14-8-7-11-21(29)20-17-22-24(34-16-15-33-22)23(18-20)36(27,31)32/h4-6,9-10,17-18H,7-8,11-16H2,1-3H3,(H2,27,31,32). The highest BCUT2D eigenvalue weighted by Crippen LogP contribution is 2.37. The average molecular weight is 519 g/mol. The highest BCUT2D eigenvalue weighted by atomic mass is 32.2. The SMILES string of the molecule is CC(C)(C)N(CCc1ccccc1)C(=O)OCCCCC(=O)c1cc2c(c(S(N)(=O)=O)c1)OCCO2. The first-order valence-corrected chi connectivity index (χ1v) is 13.5. The Hall–Kier alpha value is -3.11. The Kier molecular flexibility index (Phi) is 8.97. The number of ether oxygens (including phenoxy) is 3. The number of rotatable bonds is 10. The Bertz CT molecular complexity index is 1170. The molecule has 1 heterocycles. The second kappa shape index (κ2) is 11.7. The van der Waals surface area contributed by atoms with E-state index in [1.165, 1.54) is 12.1 Å². The van der Waals surface area contributed by atoms with Crippen molar-refractivity contribution >= 4 is 21.9 Å². The van der Waals surface area contributed by atoms with E-state index in [1.807, 2.05) is 51.1 Å². The molecule has 1 amide bonds. The van der Waals surface area contributed by atoms with Gasteiger partial charge in [-0.15, -0.1) is 0 Å². The molecular weight excluding hydrogens is 484 g/mol. The van der Waals surface area contributed by atoms with Gasteiger partial charge in [-0.2, -0.15) is 0 Å². The van der Waals surface area contributed by atoms with E-state index in [9.17, 15) is 18.0 Å². The number of carbonyl (C=O) groups excluding carboxylic acids is 2. The van der Waals surface area contributed by atoms with Crippen LogP contribution in [0, 0.1) is 0 Å². The minimum atomic E-state index is -4.10. The van der Waals surface area contributed by atoms with Gasteiger partial charge in [0, 0.05) is 24.1 Å². The molecule has 0 radical (unpaired) electrons. The number of nitrogens with zero attached hydrogens (tertiary/aromatic N) is 1. The summed E-state index contributed by atoms with van der Waals surface area (Å²) in [7, 11) is -4.10. The molecule has 0 fully saturated rings. The molecule has 3 rings (SSSR count). The van der Waals surface area contributed by atoms with Gasteiger partial charge in [-0.05, 0) is 57.7 Å². The molecule has 9 nitrogen and oxygen atoms in total.